The molecular formula is C13H10O5. The number of phenols is 2. The quantitative estimate of drug-likeness (QED) is 0.646. The average molecular weight is 246 g/mol. The average Bonchev–Trinajstić information content (AvgIpc) is 2.29. The van der Waals surface area contributed by atoms with Crippen molar-refractivity contribution in [2.75, 3.05) is 0 Å². The van der Waals surface area contributed by atoms with Crippen molar-refractivity contribution in [3.63, 3.8) is 0 Å². The molecule has 0 saturated carbocycles. The van der Waals surface area contributed by atoms with E-state index < -0.39 is 5.78 Å². The number of fused-ring (bicyclic) bond motifs is 2. The smallest absolute Gasteiger partial charge is 0.223 e. The Kier molecular flexibility index (Phi) is 2.10. The molecule has 2 aliphatic rings. The second-order valence-corrected chi connectivity index (χ2v) is 4.32. The zero-order valence-corrected chi connectivity index (χ0v) is 9.25. The molecule has 0 fully saturated rings. The Bertz CT molecular complexity index is 612. The van der Waals surface area contributed by atoms with Crippen LogP contribution in [0.4, 0.5) is 0 Å². The third kappa shape index (κ3) is 1.52. The highest BCUT2D eigenvalue weighted by atomic mass is 16.5. The lowest BCUT2D eigenvalue weighted by atomic mass is 9.89. The van der Waals surface area contributed by atoms with Crippen molar-refractivity contribution in [3.8, 4) is 17.2 Å². The standard InChI is InChI=1S/C13H10O5/c14-7-3-9(15)8-1-6-2-10(16)11(17)5-12(6)18-13(8)4-7/h2-6,14-16H,1H2/t6-/m1/s1. The SMILES string of the molecule is O=C1C=C2Oc3cc(O)cc(O)c3C[C@@H]2C=C1O. The van der Waals surface area contributed by atoms with E-state index >= 15 is 0 Å². The molecule has 0 bridgehead atoms. The topological polar surface area (TPSA) is 87.0 Å². The predicted octanol–water partition coefficient (Wildman–Crippen LogP) is 1.56. The van der Waals surface area contributed by atoms with Gasteiger partial charge in [0.25, 0.3) is 0 Å². The van der Waals surface area contributed by atoms with Crippen LogP contribution >= 0.6 is 0 Å². The number of aliphatic hydroxyl groups is 1. The van der Waals surface area contributed by atoms with Crippen LogP contribution in [0.2, 0.25) is 0 Å². The van der Waals surface area contributed by atoms with Crippen LogP contribution < -0.4 is 4.74 Å². The Morgan fingerprint density at radius 3 is 2.78 bits per heavy atom. The summed E-state index contributed by atoms with van der Waals surface area (Å²) in [5, 5.41) is 28.5. The maximum absolute atomic E-state index is 11.3. The van der Waals surface area contributed by atoms with Crippen molar-refractivity contribution in [3.05, 3.63) is 41.4 Å². The van der Waals surface area contributed by atoms with E-state index in [4.69, 9.17) is 4.74 Å². The predicted molar refractivity (Wildman–Crippen MR) is 61.4 cm³/mol. The molecule has 0 amide bonds. The highest BCUT2D eigenvalue weighted by Gasteiger charge is 2.31. The van der Waals surface area contributed by atoms with Crippen LogP contribution in [0.5, 0.6) is 17.2 Å². The van der Waals surface area contributed by atoms with Gasteiger partial charge in [0.1, 0.15) is 23.0 Å². The van der Waals surface area contributed by atoms with Gasteiger partial charge in [0.2, 0.25) is 5.78 Å². The van der Waals surface area contributed by atoms with Crippen LogP contribution in [-0.2, 0) is 11.2 Å². The third-order valence-electron chi connectivity index (χ3n) is 3.07. The molecule has 1 aliphatic heterocycles. The minimum atomic E-state index is -0.505. The third-order valence-corrected chi connectivity index (χ3v) is 3.07. The minimum absolute atomic E-state index is 0.0613. The van der Waals surface area contributed by atoms with Crippen molar-refractivity contribution in [1.82, 2.24) is 0 Å². The van der Waals surface area contributed by atoms with E-state index in [1.165, 1.54) is 24.3 Å². The van der Waals surface area contributed by atoms with Crippen molar-refractivity contribution in [2.24, 2.45) is 5.92 Å². The van der Waals surface area contributed by atoms with Gasteiger partial charge in [-0.25, -0.2) is 0 Å². The number of ether oxygens (including phenoxy) is 1. The van der Waals surface area contributed by atoms with E-state index in [9.17, 15) is 20.1 Å². The Hall–Kier alpha value is -2.43. The summed E-state index contributed by atoms with van der Waals surface area (Å²) in [5.74, 6) is -0.513. The number of rotatable bonds is 0. The Labute approximate surface area is 102 Å². The van der Waals surface area contributed by atoms with E-state index in [1.807, 2.05) is 0 Å². The van der Waals surface area contributed by atoms with Crippen LogP contribution in [0.1, 0.15) is 5.56 Å². The molecule has 3 N–H and O–H groups in total. The number of hydrogen-bond acceptors (Lipinski definition) is 5. The number of hydrogen-bond donors (Lipinski definition) is 3. The van der Waals surface area contributed by atoms with E-state index in [-0.39, 0.29) is 23.2 Å². The monoisotopic (exact) mass is 246 g/mol. The highest BCUT2D eigenvalue weighted by molar-refractivity contribution is 6.03. The number of carbonyl (C=O) groups is 1. The normalized spacial score (nSPS) is 21.3. The van der Waals surface area contributed by atoms with E-state index in [0.29, 0.717) is 23.5 Å². The zero-order valence-electron chi connectivity index (χ0n) is 9.25. The molecule has 5 heteroatoms. The number of benzene rings is 1. The number of ketones is 1. The molecular weight excluding hydrogens is 236 g/mol. The lowest BCUT2D eigenvalue weighted by molar-refractivity contribution is -0.114. The molecule has 0 aromatic heterocycles. The van der Waals surface area contributed by atoms with Gasteiger partial charge >= 0.3 is 0 Å². The highest BCUT2D eigenvalue weighted by Crippen LogP contribution is 2.42. The number of allylic oxidation sites excluding steroid dienone is 2. The van der Waals surface area contributed by atoms with Gasteiger partial charge in [0, 0.05) is 29.7 Å². The molecule has 0 saturated heterocycles. The maximum atomic E-state index is 11.3. The van der Waals surface area contributed by atoms with Gasteiger partial charge in [-0.2, -0.15) is 0 Å². The second-order valence-electron chi connectivity index (χ2n) is 4.32. The van der Waals surface area contributed by atoms with Crippen molar-refractivity contribution in [2.45, 2.75) is 6.42 Å². The molecule has 1 aliphatic carbocycles. The summed E-state index contributed by atoms with van der Waals surface area (Å²) in [6.45, 7) is 0. The van der Waals surface area contributed by atoms with Gasteiger partial charge in [-0.05, 0) is 12.5 Å². The first kappa shape index (κ1) is 10.7. The molecule has 1 heterocycles. The summed E-state index contributed by atoms with van der Waals surface area (Å²) in [4.78, 5) is 11.3. The van der Waals surface area contributed by atoms with E-state index in [2.05, 4.69) is 0 Å². The Morgan fingerprint density at radius 1 is 1.22 bits per heavy atom. The van der Waals surface area contributed by atoms with Crippen LogP contribution in [0, 0.1) is 5.92 Å². The number of carbonyl (C=O) groups excluding carboxylic acids is 1. The number of aliphatic hydroxyl groups excluding tert-OH is 1. The fraction of sp³-hybridized carbons (Fsp3) is 0.154. The van der Waals surface area contributed by atoms with Gasteiger partial charge in [-0.15, -0.1) is 0 Å². The van der Waals surface area contributed by atoms with Crippen LogP contribution in [0.25, 0.3) is 0 Å². The van der Waals surface area contributed by atoms with Gasteiger partial charge in [-0.3, -0.25) is 4.79 Å². The second kappa shape index (κ2) is 3.53. The van der Waals surface area contributed by atoms with E-state index in [0.717, 1.165) is 0 Å². The molecule has 3 rings (SSSR count). The summed E-state index contributed by atoms with van der Waals surface area (Å²) in [5.41, 5.74) is 0.549. The van der Waals surface area contributed by atoms with Crippen LogP contribution in [-0.4, -0.2) is 21.1 Å². The first-order valence-corrected chi connectivity index (χ1v) is 5.44. The van der Waals surface area contributed by atoms with Crippen LogP contribution in [0.3, 0.4) is 0 Å². The van der Waals surface area contributed by atoms with E-state index in [1.54, 1.807) is 0 Å². The molecule has 0 unspecified atom stereocenters. The van der Waals surface area contributed by atoms with Crippen LogP contribution in [0.15, 0.2) is 35.8 Å². The first-order chi connectivity index (χ1) is 8.54. The fourth-order valence-electron chi connectivity index (χ4n) is 2.19. The summed E-state index contributed by atoms with van der Waals surface area (Å²) in [6.07, 6.45) is 3.04. The van der Waals surface area contributed by atoms with Gasteiger partial charge in [0.05, 0.1) is 0 Å². The largest absolute Gasteiger partial charge is 0.508 e. The molecule has 1 aromatic carbocycles. The lowest BCUT2D eigenvalue weighted by Crippen LogP contribution is -2.23. The summed E-state index contributed by atoms with van der Waals surface area (Å²) >= 11 is 0. The van der Waals surface area contributed by atoms with Gasteiger partial charge < -0.3 is 20.1 Å². The van der Waals surface area contributed by atoms with Gasteiger partial charge in [0.15, 0.2) is 5.76 Å². The molecule has 92 valence electrons. The number of aromatic hydroxyl groups is 2. The number of phenolic OH excluding ortho intramolecular Hbond substituents is 2. The summed E-state index contributed by atoms with van der Waals surface area (Å²) in [7, 11) is 0. The van der Waals surface area contributed by atoms with Crippen molar-refractivity contribution < 1.29 is 24.9 Å². The summed E-state index contributed by atoms with van der Waals surface area (Å²) < 4.78 is 5.48. The fourth-order valence-corrected chi connectivity index (χ4v) is 2.19. The Morgan fingerprint density at radius 2 is 2.00 bits per heavy atom. The van der Waals surface area contributed by atoms with Crippen molar-refractivity contribution in [1.29, 1.82) is 0 Å². The first-order valence-electron chi connectivity index (χ1n) is 5.44. The summed E-state index contributed by atoms with van der Waals surface area (Å²) in [6, 6.07) is 2.61. The molecule has 1 aromatic rings. The maximum Gasteiger partial charge on any atom is 0.223 e. The Balaban J connectivity index is 2.08. The van der Waals surface area contributed by atoms with Gasteiger partial charge in [-0.1, -0.05) is 0 Å². The molecule has 18 heavy (non-hydrogen) atoms. The molecule has 1 atom stereocenters. The molecule has 5 nitrogen and oxygen atoms in total. The minimum Gasteiger partial charge on any atom is -0.508 e. The molecule has 0 radical (unpaired) electrons. The van der Waals surface area contributed by atoms with Crippen molar-refractivity contribution >= 4 is 5.78 Å². The zero-order chi connectivity index (χ0) is 12.9. The molecule has 0 spiro atoms. The lowest BCUT2D eigenvalue weighted by Gasteiger charge is -2.28.